The van der Waals surface area contributed by atoms with E-state index in [1.54, 1.807) is 24.4 Å². The van der Waals surface area contributed by atoms with E-state index in [1.807, 2.05) is 12.1 Å². The molecule has 23 heavy (non-hydrogen) atoms. The summed E-state index contributed by atoms with van der Waals surface area (Å²) in [6.07, 6.45) is 1.60. The number of rotatable bonds is 3. The third-order valence-corrected chi connectivity index (χ3v) is 3.57. The van der Waals surface area contributed by atoms with Crippen LogP contribution in [0.5, 0.6) is 0 Å². The minimum absolute atomic E-state index is 0.00763. The third-order valence-electron chi connectivity index (χ3n) is 3.32. The minimum Gasteiger partial charge on any atom is -0.382 e. The molecule has 0 aliphatic rings. The first-order chi connectivity index (χ1) is 11.0. The summed E-state index contributed by atoms with van der Waals surface area (Å²) in [5.41, 5.74) is 7.85. The van der Waals surface area contributed by atoms with Crippen molar-refractivity contribution in [3.8, 4) is 11.1 Å². The van der Waals surface area contributed by atoms with E-state index in [0.29, 0.717) is 10.7 Å². The Morgan fingerprint density at radius 2 is 1.70 bits per heavy atom. The number of benzene rings is 2. The molecule has 0 aliphatic carbocycles. The second kappa shape index (κ2) is 6.22. The highest BCUT2D eigenvalue weighted by Gasteiger charge is 2.10. The van der Waals surface area contributed by atoms with Crippen molar-refractivity contribution < 1.29 is 8.78 Å². The largest absolute Gasteiger partial charge is 0.382 e. The van der Waals surface area contributed by atoms with E-state index >= 15 is 0 Å². The number of aromatic nitrogens is 1. The van der Waals surface area contributed by atoms with Crippen LogP contribution < -0.4 is 11.1 Å². The summed E-state index contributed by atoms with van der Waals surface area (Å²) < 4.78 is 27.1. The van der Waals surface area contributed by atoms with Crippen molar-refractivity contribution in [2.75, 3.05) is 11.1 Å². The first-order valence-corrected chi connectivity index (χ1v) is 7.15. The number of anilines is 3. The standard InChI is InChI=1S/C17H12ClF2N3/c18-12-6-4-10(5-7-12)11-8-15(17(21)22-9-11)23-14-3-1-2-13(19)16(14)20/h1-9,23H,(H2,21,22). The molecule has 3 N–H and O–H groups in total. The van der Waals surface area contributed by atoms with Gasteiger partial charge in [-0.25, -0.2) is 13.8 Å². The van der Waals surface area contributed by atoms with E-state index in [2.05, 4.69) is 10.3 Å². The number of hydrogen-bond donors (Lipinski definition) is 2. The SMILES string of the molecule is Nc1ncc(-c2ccc(Cl)cc2)cc1Nc1cccc(F)c1F. The highest BCUT2D eigenvalue weighted by Crippen LogP contribution is 2.29. The smallest absolute Gasteiger partial charge is 0.182 e. The van der Waals surface area contributed by atoms with Gasteiger partial charge in [-0.1, -0.05) is 29.8 Å². The summed E-state index contributed by atoms with van der Waals surface area (Å²) in [5, 5.41) is 3.40. The van der Waals surface area contributed by atoms with Crippen LogP contribution in [0.1, 0.15) is 0 Å². The van der Waals surface area contributed by atoms with Crippen molar-refractivity contribution in [1.82, 2.24) is 4.98 Å². The van der Waals surface area contributed by atoms with Gasteiger partial charge in [-0.2, -0.15) is 0 Å². The normalized spacial score (nSPS) is 10.6. The molecule has 0 radical (unpaired) electrons. The maximum absolute atomic E-state index is 13.8. The molecule has 0 amide bonds. The number of pyridine rings is 1. The van der Waals surface area contributed by atoms with E-state index in [4.69, 9.17) is 17.3 Å². The molecule has 2 aromatic carbocycles. The Balaban J connectivity index is 1.98. The Bertz CT molecular complexity index is 851. The molecule has 3 nitrogen and oxygen atoms in total. The van der Waals surface area contributed by atoms with Gasteiger partial charge in [0.15, 0.2) is 11.6 Å². The fourth-order valence-corrected chi connectivity index (χ4v) is 2.25. The maximum atomic E-state index is 13.8. The van der Waals surface area contributed by atoms with Crippen molar-refractivity contribution in [1.29, 1.82) is 0 Å². The lowest BCUT2D eigenvalue weighted by Crippen LogP contribution is -2.01. The second-order valence-corrected chi connectivity index (χ2v) is 5.33. The topological polar surface area (TPSA) is 50.9 Å². The van der Waals surface area contributed by atoms with Crippen LogP contribution >= 0.6 is 11.6 Å². The van der Waals surface area contributed by atoms with Gasteiger partial charge in [-0.05, 0) is 35.9 Å². The summed E-state index contributed by atoms with van der Waals surface area (Å²) in [6.45, 7) is 0. The van der Waals surface area contributed by atoms with E-state index in [1.165, 1.54) is 12.1 Å². The Labute approximate surface area is 136 Å². The minimum atomic E-state index is -0.969. The molecule has 0 unspecified atom stereocenters. The summed E-state index contributed by atoms with van der Waals surface area (Å²) in [4.78, 5) is 4.09. The van der Waals surface area contributed by atoms with Crippen LogP contribution in [0.15, 0.2) is 54.7 Å². The average molecular weight is 332 g/mol. The molecule has 116 valence electrons. The third kappa shape index (κ3) is 3.24. The molecule has 0 saturated carbocycles. The van der Waals surface area contributed by atoms with Crippen LogP contribution in [0.25, 0.3) is 11.1 Å². The lowest BCUT2D eigenvalue weighted by atomic mass is 10.1. The van der Waals surface area contributed by atoms with Crippen LogP contribution in [0.4, 0.5) is 26.0 Å². The zero-order valence-electron chi connectivity index (χ0n) is 11.9. The van der Waals surface area contributed by atoms with E-state index in [9.17, 15) is 8.78 Å². The predicted octanol–water partition coefficient (Wildman–Crippen LogP) is 5.01. The van der Waals surface area contributed by atoms with Crippen LogP contribution in [0.2, 0.25) is 5.02 Å². The monoisotopic (exact) mass is 331 g/mol. The lowest BCUT2D eigenvalue weighted by molar-refractivity contribution is 0.512. The second-order valence-electron chi connectivity index (χ2n) is 4.89. The summed E-state index contributed by atoms with van der Waals surface area (Å²) in [7, 11) is 0. The van der Waals surface area contributed by atoms with Crippen LogP contribution in [0.3, 0.4) is 0 Å². The summed E-state index contributed by atoms with van der Waals surface area (Å²) in [6, 6.07) is 12.8. The molecule has 0 fully saturated rings. The Hall–Kier alpha value is -2.66. The van der Waals surface area contributed by atoms with E-state index in [-0.39, 0.29) is 11.5 Å². The quantitative estimate of drug-likeness (QED) is 0.709. The van der Waals surface area contributed by atoms with Crippen LogP contribution in [-0.2, 0) is 0 Å². The fraction of sp³-hybridized carbons (Fsp3) is 0. The number of nitrogens with one attached hydrogen (secondary N) is 1. The average Bonchev–Trinajstić information content (AvgIpc) is 2.54. The molecular formula is C17H12ClF2N3. The molecule has 3 rings (SSSR count). The number of nitrogens with two attached hydrogens (primary N) is 1. The molecule has 0 spiro atoms. The van der Waals surface area contributed by atoms with Gasteiger partial charge in [-0.3, -0.25) is 0 Å². The fourth-order valence-electron chi connectivity index (χ4n) is 2.12. The molecule has 3 aromatic rings. The van der Waals surface area contributed by atoms with Gasteiger partial charge in [0.1, 0.15) is 5.82 Å². The maximum Gasteiger partial charge on any atom is 0.182 e. The zero-order chi connectivity index (χ0) is 16.4. The molecule has 1 aromatic heterocycles. The van der Waals surface area contributed by atoms with E-state index < -0.39 is 11.6 Å². The highest BCUT2D eigenvalue weighted by atomic mass is 35.5. The molecule has 0 saturated heterocycles. The Morgan fingerprint density at radius 1 is 0.957 bits per heavy atom. The van der Waals surface area contributed by atoms with Gasteiger partial charge in [0, 0.05) is 16.8 Å². The lowest BCUT2D eigenvalue weighted by Gasteiger charge is -2.12. The van der Waals surface area contributed by atoms with Gasteiger partial charge in [-0.15, -0.1) is 0 Å². The van der Waals surface area contributed by atoms with Crippen LogP contribution in [-0.4, -0.2) is 4.98 Å². The van der Waals surface area contributed by atoms with Gasteiger partial charge in [0.2, 0.25) is 0 Å². The highest BCUT2D eigenvalue weighted by molar-refractivity contribution is 6.30. The molecule has 0 bridgehead atoms. The van der Waals surface area contributed by atoms with Crippen molar-refractivity contribution in [3.63, 3.8) is 0 Å². The molecule has 0 aliphatic heterocycles. The van der Waals surface area contributed by atoms with Gasteiger partial charge >= 0.3 is 0 Å². The number of hydrogen-bond acceptors (Lipinski definition) is 3. The first kappa shape index (κ1) is 15.2. The van der Waals surface area contributed by atoms with Gasteiger partial charge in [0.05, 0.1) is 11.4 Å². The van der Waals surface area contributed by atoms with Crippen molar-refractivity contribution in [3.05, 3.63) is 71.4 Å². The van der Waals surface area contributed by atoms with Gasteiger partial charge < -0.3 is 11.1 Å². The summed E-state index contributed by atoms with van der Waals surface area (Å²) >= 11 is 5.87. The number of nitrogen functional groups attached to an aromatic ring is 1. The van der Waals surface area contributed by atoms with Gasteiger partial charge in [0.25, 0.3) is 0 Å². The molecule has 6 heteroatoms. The van der Waals surface area contributed by atoms with Crippen LogP contribution in [0, 0.1) is 11.6 Å². The molecule has 0 atom stereocenters. The predicted molar refractivity (Wildman–Crippen MR) is 88.7 cm³/mol. The molecular weight excluding hydrogens is 320 g/mol. The number of halogens is 3. The van der Waals surface area contributed by atoms with E-state index in [0.717, 1.165) is 17.2 Å². The summed E-state index contributed by atoms with van der Waals surface area (Å²) in [5.74, 6) is -1.72. The van der Waals surface area contributed by atoms with Crippen molar-refractivity contribution in [2.45, 2.75) is 0 Å². The first-order valence-electron chi connectivity index (χ1n) is 6.77. The number of nitrogens with zero attached hydrogens (tertiary/aromatic N) is 1. The molecule has 1 heterocycles. The Kier molecular flexibility index (Phi) is 4.12. The van der Waals surface area contributed by atoms with Crippen molar-refractivity contribution >= 4 is 28.8 Å². The Morgan fingerprint density at radius 3 is 2.43 bits per heavy atom. The van der Waals surface area contributed by atoms with Crippen molar-refractivity contribution in [2.24, 2.45) is 0 Å². The zero-order valence-corrected chi connectivity index (χ0v) is 12.6.